The predicted octanol–water partition coefficient (Wildman–Crippen LogP) is 2.47. The van der Waals surface area contributed by atoms with Crippen LogP contribution in [0.1, 0.15) is 19.3 Å². The first-order valence-electron chi connectivity index (χ1n) is 6.49. The highest BCUT2D eigenvalue weighted by Gasteiger charge is 2.40. The fourth-order valence-electron chi connectivity index (χ4n) is 2.75. The van der Waals surface area contributed by atoms with Crippen LogP contribution in [0.4, 0.5) is 20.2 Å². The topological polar surface area (TPSA) is 32.5 Å². The van der Waals surface area contributed by atoms with Gasteiger partial charge in [0.05, 0.1) is 11.4 Å². The number of nitrogens with zero attached hydrogens (tertiary/aromatic N) is 2. The van der Waals surface area contributed by atoms with Gasteiger partial charge in [-0.3, -0.25) is 0 Å². The lowest BCUT2D eigenvalue weighted by Crippen LogP contribution is -2.56. The fourth-order valence-corrected chi connectivity index (χ4v) is 2.75. The molecule has 1 aliphatic carbocycles. The highest BCUT2D eigenvalue weighted by molar-refractivity contribution is 5.68. The summed E-state index contributed by atoms with van der Waals surface area (Å²) in [5.41, 5.74) is 6.23. The Morgan fingerprint density at radius 3 is 2.32 bits per heavy atom. The summed E-state index contributed by atoms with van der Waals surface area (Å²) >= 11 is 0. The second-order valence-electron chi connectivity index (χ2n) is 5.65. The largest absolute Gasteiger partial charge is 0.395 e. The van der Waals surface area contributed by atoms with E-state index in [0.29, 0.717) is 12.2 Å². The van der Waals surface area contributed by atoms with Crippen molar-refractivity contribution in [1.82, 2.24) is 4.90 Å². The molecule has 0 atom stereocenters. The van der Waals surface area contributed by atoms with Crippen molar-refractivity contribution in [1.29, 1.82) is 0 Å². The average molecular weight is 269 g/mol. The van der Waals surface area contributed by atoms with Crippen LogP contribution in [0.25, 0.3) is 0 Å². The summed E-state index contributed by atoms with van der Waals surface area (Å²) in [7, 11) is 5.92. The monoisotopic (exact) mass is 269 g/mol. The maximum absolute atomic E-state index is 13.5. The zero-order valence-electron chi connectivity index (χ0n) is 11.7. The number of nitrogens with two attached hydrogens (primary N) is 1. The molecule has 2 rings (SSSR count). The molecular weight excluding hydrogens is 248 g/mol. The average Bonchev–Trinajstić information content (AvgIpc) is 2.27. The molecule has 0 saturated heterocycles. The summed E-state index contributed by atoms with van der Waals surface area (Å²) in [6.07, 6.45) is 3.39. The van der Waals surface area contributed by atoms with Crippen LogP contribution in [-0.2, 0) is 0 Å². The Labute approximate surface area is 113 Å². The Bertz CT molecular complexity index is 470. The fraction of sp³-hybridized carbons (Fsp3) is 0.571. The minimum atomic E-state index is -0.700. The molecule has 1 aliphatic rings. The van der Waals surface area contributed by atoms with Crippen molar-refractivity contribution in [2.45, 2.75) is 24.8 Å². The van der Waals surface area contributed by atoms with E-state index in [0.717, 1.165) is 18.9 Å². The second-order valence-corrected chi connectivity index (χ2v) is 5.65. The van der Waals surface area contributed by atoms with E-state index in [1.165, 1.54) is 12.5 Å². The highest BCUT2D eigenvalue weighted by Crippen LogP contribution is 2.38. The molecule has 1 saturated carbocycles. The van der Waals surface area contributed by atoms with Crippen molar-refractivity contribution in [2.24, 2.45) is 0 Å². The van der Waals surface area contributed by atoms with Crippen LogP contribution in [0.2, 0.25) is 0 Å². The molecule has 0 spiro atoms. The minimum Gasteiger partial charge on any atom is -0.395 e. The Hall–Kier alpha value is -1.36. The number of hydrogen-bond acceptors (Lipinski definition) is 3. The van der Waals surface area contributed by atoms with Crippen molar-refractivity contribution in [3.05, 3.63) is 23.8 Å². The van der Waals surface area contributed by atoms with Crippen LogP contribution in [0.5, 0.6) is 0 Å². The molecule has 2 N–H and O–H groups in total. The van der Waals surface area contributed by atoms with E-state index >= 15 is 0 Å². The number of benzene rings is 1. The standard InChI is InChI=1S/C14H21F2N3/c1-18(2)14(5-4-6-14)9-19(3)12-8-10(15)7-11(16)13(12)17/h7-8H,4-6,9,17H2,1-3H3. The van der Waals surface area contributed by atoms with Gasteiger partial charge in [0.1, 0.15) is 5.82 Å². The van der Waals surface area contributed by atoms with Gasteiger partial charge < -0.3 is 15.5 Å². The molecule has 0 amide bonds. The molecule has 0 unspecified atom stereocenters. The van der Waals surface area contributed by atoms with Gasteiger partial charge in [-0.25, -0.2) is 8.78 Å². The lowest BCUT2D eigenvalue weighted by Gasteiger charge is -2.49. The maximum atomic E-state index is 13.5. The van der Waals surface area contributed by atoms with E-state index in [9.17, 15) is 8.78 Å². The summed E-state index contributed by atoms with van der Waals surface area (Å²) < 4.78 is 26.8. The van der Waals surface area contributed by atoms with Gasteiger partial charge in [0.25, 0.3) is 0 Å². The van der Waals surface area contributed by atoms with Crippen LogP contribution in [0.3, 0.4) is 0 Å². The molecule has 19 heavy (non-hydrogen) atoms. The van der Waals surface area contributed by atoms with Crippen LogP contribution in [-0.4, -0.2) is 38.1 Å². The first-order valence-corrected chi connectivity index (χ1v) is 6.49. The normalized spacial score (nSPS) is 17.4. The summed E-state index contributed by atoms with van der Waals surface area (Å²) in [5.74, 6) is -1.30. The first-order chi connectivity index (χ1) is 8.85. The van der Waals surface area contributed by atoms with Gasteiger partial charge >= 0.3 is 0 Å². The number of hydrogen-bond donors (Lipinski definition) is 1. The minimum absolute atomic E-state index is 0.0112. The molecule has 0 radical (unpaired) electrons. The lowest BCUT2D eigenvalue weighted by atomic mass is 9.75. The third kappa shape index (κ3) is 2.52. The predicted molar refractivity (Wildman–Crippen MR) is 74.3 cm³/mol. The third-order valence-electron chi connectivity index (χ3n) is 4.25. The molecule has 1 aromatic rings. The van der Waals surface area contributed by atoms with Crippen LogP contribution >= 0.6 is 0 Å². The molecule has 1 aromatic carbocycles. The zero-order valence-corrected chi connectivity index (χ0v) is 11.7. The smallest absolute Gasteiger partial charge is 0.151 e. The summed E-state index contributed by atoms with van der Waals surface area (Å²) in [5, 5.41) is 0. The van der Waals surface area contributed by atoms with E-state index in [2.05, 4.69) is 4.90 Å². The zero-order chi connectivity index (χ0) is 14.2. The van der Waals surface area contributed by atoms with Crippen molar-refractivity contribution in [2.75, 3.05) is 38.3 Å². The van der Waals surface area contributed by atoms with Gasteiger partial charge in [-0.2, -0.15) is 0 Å². The lowest BCUT2D eigenvalue weighted by molar-refractivity contribution is 0.0683. The number of halogens is 2. The number of anilines is 2. The van der Waals surface area contributed by atoms with E-state index in [1.54, 1.807) is 0 Å². The van der Waals surface area contributed by atoms with Gasteiger partial charge in [0, 0.05) is 25.2 Å². The molecule has 1 fully saturated rings. The van der Waals surface area contributed by atoms with Gasteiger partial charge in [-0.15, -0.1) is 0 Å². The molecule has 0 aliphatic heterocycles. The molecule has 0 bridgehead atoms. The van der Waals surface area contributed by atoms with Gasteiger partial charge in [-0.1, -0.05) is 0 Å². The van der Waals surface area contributed by atoms with E-state index < -0.39 is 11.6 Å². The van der Waals surface area contributed by atoms with Gasteiger partial charge in [0.15, 0.2) is 5.82 Å². The Morgan fingerprint density at radius 1 is 1.21 bits per heavy atom. The van der Waals surface area contributed by atoms with E-state index in [1.807, 2.05) is 26.0 Å². The number of likely N-dealkylation sites (N-methyl/N-ethyl adjacent to an activating group) is 2. The van der Waals surface area contributed by atoms with Gasteiger partial charge in [-0.05, 0) is 39.4 Å². The Kier molecular flexibility index (Phi) is 3.67. The maximum Gasteiger partial charge on any atom is 0.151 e. The molecule has 0 aromatic heterocycles. The first kappa shape index (κ1) is 14.1. The van der Waals surface area contributed by atoms with Gasteiger partial charge in [0.2, 0.25) is 0 Å². The van der Waals surface area contributed by atoms with E-state index in [4.69, 9.17) is 5.73 Å². The Balaban J connectivity index is 2.23. The van der Waals surface area contributed by atoms with Crippen LogP contribution < -0.4 is 10.6 Å². The van der Waals surface area contributed by atoms with Crippen molar-refractivity contribution < 1.29 is 8.78 Å². The third-order valence-corrected chi connectivity index (χ3v) is 4.25. The number of nitrogen functional groups attached to an aromatic ring is 1. The molecule has 3 nitrogen and oxygen atoms in total. The summed E-state index contributed by atoms with van der Waals surface area (Å²) in [6, 6.07) is 2.11. The van der Waals surface area contributed by atoms with Crippen LogP contribution in [0, 0.1) is 11.6 Å². The second kappa shape index (κ2) is 4.96. The SMILES string of the molecule is CN(CC1(N(C)C)CCC1)c1cc(F)cc(F)c1N. The Morgan fingerprint density at radius 2 is 1.84 bits per heavy atom. The van der Waals surface area contributed by atoms with Crippen LogP contribution in [0.15, 0.2) is 12.1 Å². The molecule has 106 valence electrons. The van der Waals surface area contributed by atoms with Crippen molar-refractivity contribution >= 4 is 11.4 Å². The molecule has 0 heterocycles. The molecule has 5 heteroatoms. The highest BCUT2D eigenvalue weighted by atomic mass is 19.1. The van der Waals surface area contributed by atoms with Crippen molar-refractivity contribution in [3.8, 4) is 0 Å². The quantitative estimate of drug-likeness (QED) is 0.852. The number of rotatable bonds is 4. The summed E-state index contributed by atoms with van der Waals surface area (Å²) in [6.45, 7) is 0.715. The summed E-state index contributed by atoms with van der Waals surface area (Å²) in [4.78, 5) is 4.04. The molecular formula is C14H21F2N3. The van der Waals surface area contributed by atoms with E-state index in [-0.39, 0.29) is 11.2 Å². The van der Waals surface area contributed by atoms with Crippen molar-refractivity contribution in [3.63, 3.8) is 0 Å².